The number of nitro benzene ring substituents is 1. The third-order valence-corrected chi connectivity index (χ3v) is 3.27. The zero-order valence-corrected chi connectivity index (χ0v) is 10.9. The summed E-state index contributed by atoms with van der Waals surface area (Å²) >= 11 is 3.32. The number of rotatable bonds is 6. The maximum absolute atomic E-state index is 10.6. The number of hydrogen-bond donors (Lipinski definition) is 2. The highest BCUT2D eigenvalue weighted by molar-refractivity contribution is 9.10. The number of non-ortho nitro benzene ring substituents is 1. The van der Waals surface area contributed by atoms with Crippen LogP contribution in [-0.4, -0.2) is 24.1 Å². The van der Waals surface area contributed by atoms with Crippen LogP contribution < -0.4 is 10.6 Å². The first-order valence-electron chi connectivity index (χ1n) is 5.58. The minimum atomic E-state index is -0.400. The summed E-state index contributed by atoms with van der Waals surface area (Å²) in [6.07, 6.45) is 2.56. The molecule has 1 aliphatic carbocycles. The van der Waals surface area contributed by atoms with Crippen LogP contribution in [-0.2, 0) is 0 Å². The van der Waals surface area contributed by atoms with E-state index < -0.39 is 4.92 Å². The molecule has 0 aliphatic heterocycles. The molecule has 17 heavy (non-hydrogen) atoms. The highest BCUT2D eigenvalue weighted by atomic mass is 79.9. The van der Waals surface area contributed by atoms with Crippen LogP contribution in [0.4, 0.5) is 11.4 Å². The van der Waals surface area contributed by atoms with Gasteiger partial charge in [0, 0.05) is 41.4 Å². The molecule has 0 atom stereocenters. The monoisotopic (exact) mass is 299 g/mol. The smallest absolute Gasteiger partial charge is 0.270 e. The molecule has 0 spiro atoms. The maximum Gasteiger partial charge on any atom is 0.270 e. The van der Waals surface area contributed by atoms with E-state index in [2.05, 4.69) is 26.6 Å². The van der Waals surface area contributed by atoms with Gasteiger partial charge in [0.1, 0.15) is 0 Å². The van der Waals surface area contributed by atoms with Gasteiger partial charge < -0.3 is 10.6 Å². The Bertz CT molecular complexity index is 421. The third kappa shape index (κ3) is 3.67. The fourth-order valence-electron chi connectivity index (χ4n) is 1.52. The van der Waals surface area contributed by atoms with Crippen molar-refractivity contribution in [2.75, 3.05) is 18.4 Å². The zero-order valence-electron chi connectivity index (χ0n) is 9.28. The zero-order chi connectivity index (χ0) is 12.3. The Morgan fingerprint density at radius 2 is 2.18 bits per heavy atom. The summed E-state index contributed by atoms with van der Waals surface area (Å²) in [7, 11) is 0. The standard InChI is InChI=1S/C11H14BrN3O2/c12-10-7-9(15(16)17)3-4-11(10)14-6-5-13-8-1-2-8/h3-4,7-8,13-14H,1-2,5-6H2. The predicted octanol–water partition coefficient (Wildman–Crippen LogP) is 2.52. The van der Waals surface area contributed by atoms with E-state index in [0.717, 1.165) is 23.2 Å². The lowest BCUT2D eigenvalue weighted by Gasteiger charge is -2.08. The quantitative estimate of drug-likeness (QED) is 0.481. The van der Waals surface area contributed by atoms with Crippen LogP contribution >= 0.6 is 15.9 Å². The fourth-order valence-corrected chi connectivity index (χ4v) is 2.03. The molecule has 0 heterocycles. The summed E-state index contributed by atoms with van der Waals surface area (Å²) in [6.45, 7) is 1.72. The molecule has 0 saturated heterocycles. The second-order valence-corrected chi connectivity index (χ2v) is 4.93. The van der Waals surface area contributed by atoms with Gasteiger partial charge in [-0.05, 0) is 34.8 Å². The van der Waals surface area contributed by atoms with E-state index >= 15 is 0 Å². The fraction of sp³-hybridized carbons (Fsp3) is 0.455. The van der Waals surface area contributed by atoms with E-state index in [1.165, 1.54) is 25.0 Å². The van der Waals surface area contributed by atoms with Crippen LogP contribution in [0.2, 0.25) is 0 Å². The Morgan fingerprint density at radius 3 is 2.76 bits per heavy atom. The Hall–Kier alpha value is -1.14. The van der Waals surface area contributed by atoms with Crippen molar-refractivity contribution in [3.8, 4) is 0 Å². The number of anilines is 1. The van der Waals surface area contributed by atoms with E-state index in [-0.39, 0.29) is 5.69 Å². The van der Waals surface area contributed by atoms with Gasteiger partial charge in [-0.15, -0.1) is 0 Å². The molecule has 0 unspecified atom stereocenters. The molecule has 5 nitrogen and oxygen atoms in total. The Morgan fingerprint density at radius 1 is 1.41 bits per heavy atom. The molecule has 1 saturated carbocycles. The lowest BCUT2D eigenvalue weighted by atomic mass is 10.3. The van der Waals surface area contributed by atoms with Gasteiger partial charge >= 0.3 is 0 Å². The van der Waals surface area contributed by atoms with E-state index in [4.69, 9.17) is 0 Å². The van der Waals surface area contributed by atoms with Crippen LogP contribution in [0, 0.1) is 10.1 Å². The third-order valence-electron chi connectivity index (χ3n) is 2.61. The summed E-state index contributed by atoms with van der Waals surface area (Å²) in [4.78, 5) is 10.2. The molecule has 1 aliphatic rings. The van der Waals surface area contributed by atoms with E-state index in [9.17, 15) is 10.1 Å². The molecule has 0 radical (unpaired) electrons. The lowest BCUT2D eigenvalue weighted by Crippen LogP contribution is -2.23. The van der Waals surface area contributed by atoms with Crippen molar-refractivity contribution in [1.82, 2.24) is 5.32 Å². The first-order chi connectivity index (χ1) is 8.16. The topological polar surface area (TPSA) is 67.2 Å². The van der Waals surface area contributed by atoms with Crippen LogP contribution in [0.5, 0.6) is 0 Å². The van der Waals surface area contributed by atoms with Crippen molar-refractivity contribution in [3.63, 3.8) is 0 Å². The number of halogens is 1. The molecular weight excluding hydrogens is 286 g/mol. The minimum Gasteiger partial charge on any atom is -0.383 e. The normalized spacial score (nSPS) is 14.6. The number of nitrogens with one attached hydrogen (secondary N) is 2. The summed E-state index contributed by atoms with van der Waals surface area (Å²) < 4.78 is 0.720. The maximum atomic E-state index is 10.6. The first-order valence-corrected chi connectivity index (χ1v) is 6.37. The molecule has 2 N–H and O–H groups in total. The summed E-state index contributed by atoms with van der Waals surface area (Å²) in [5.74, 6) is 0. The van der Waals surface area contributed by atoms with Crippen molar-refractivity contribution < 1.29 is 4.92 Å². The summed E-state index contributed by atoms with van der Waals surface area (Å²) in [5.41, 5.74) is 0.978. The van der Waals surface area contributed by atoms with Gasteiger partial charge in [-0.2, -0.15) is 0 Å². The van der Waals surface area contributed by atoms with Crippen molar-refractivity contribution in [1.29, 1.82) is 0 Å². The molecule has 92 valence electrons. The van der Waals surface area contributed by atoms with Gasteiger partial charge in [0.15, 0.2) is 0 Å². The Balaban J connectivity index is 1.84. The highest BCUT2D eigenvalue weighted by Crippen LogP contribution is 2.26. The largest absolute Gasteiger partial charge is 0.383 e. The first kappa shape index (κ1) is 12.3. The van der Waals surface area contributed by atoms with Crippen LogP contribution in [0.15, 0.2) is 22.7 Å². The van der Waals surface area contributed by atoms with Gasteiger partial charge in [0.05, 0.1) is 4.92 Å². The molecular formula is C11H14BrN3O2. The van der Waals surface area contributed by atoms with Crippen LogP contribution in [0.1, 0.15) is 12.8 Å². The van der Waals surface area contributed by atoms with Gasteiger partial charge in [0.25, 0.3) is 5.69 Å². The van der Waals surface area contributed by atoms with E-state index in [1.54, 1.807) is 6.07 Å². The van der Waals surface area contributed by atoms with Crippen molar-refractivity contribution in [3.05, 3.63) is 32.8 Å². The minimum absolute atomic E-state index is 0.0959. The predicted molar refractivity (Wildman–Crippen MR) is 70.3 cm³/mol. The lowest BCUT2D eigenvalue weighted by molar-refractivity contribution is -0.384. The molecule has 2 rings (SSSR count). The molecule has 1 fully saturated rings. The highest BCUT2D eigenvalue weighted by Gasteiger charge is 2.19. The molecule has 1 aromatic carbocycles. The van der Waals surface area contributed by atoms with Gasteiger partial charge in [-0.1, -0.05) is 0 Å². The average Bonchev–Trinajstić information content (AvgIpc) is 3.09. The molecule has 0 bridgehead atoms. The van der Waals surface area contributed by atoms with E-state index in [1.807, 2.05) is 0 Å². The molecule has 0 amide bonds. The molecule has 0 aromatic heterocycles. The van der Waals surface area contributed by atoms with Crippen LogP contribution in [0.25, 0.3) is 0 Å². The summed E-state index contributed by atoms with van der Waals surface area (Å²) in [5, 5.41) is 17.2. The molecule has 6 heteroatoms. The number of nitrogens with zero attached hydrogens (tertiary/aromatic N) is 1. The summed E-state index contributed by atoms with van der Waals surface area (Å²) in [6, 6.07) is 5.44. The second-order valence-electron chi connectivity index (χ2n) is 4.08. The average molecular weight is 300 g/mol. The number of hydrogen-bond acceptors (Lipinski definition) is 4. The van der Waals surface area contributed by atoms with Gasteiger partial charge in [-0.3, -0.25) is 10.1 Å². The number of nitro groups is 1. The van der Waals surface area contributed by atoms with E-state index in [0.29, 0.717) is 6.04 Å². The van der Waals surface area contributed by atoms with Crippen molar-refractivity contribution in [2.45, 2.75) is 18.9 Å². The van der Waals surface area contributed by atoms with Crippen LogP contribution in [0.3, 0.4) is 0 Å². The van der Waals surface area contributed by atoms with Gasteiger partial charge in [0.2, 0.25) is 0 Å². The second kappa shape index (κ2) is 5.46. The van der Waals surface area contributed by atoms with Gasteiger partial charge in [-0.25, -0.2) is 0 Å². The van der Waals surface area contributed by atoms with Crippen molar-refractivity contribution >= 4 is 27.3 Å². The Labute approximate surface area is 108 Å². The SMILES string of the molecule is O=[N+]([O-])c1ccc(NCCNC2CC2)c(Br)c1. The number of benzene rings is 1. The Kier molecular flexibility index (Phi) is 3.96. The van der Waals surface area contributed by atoms with Crippen molar-refractivity contribution in [2.24, 2.45) is 0 Å². The molecule has 1 aromatic rings.